The van der Waals surface area contributed by atoms with Crippen molar-refractivity contribution in [1.29, 1.82) is 0 Å². The van der Waals surface area contributed by atoms with Gasteiger partial charge in [0, 0.05) is 0 Å². The molecule has 1 saturated heterocycles. The molecule has 3 fully saturated rings. The summed E-state index contributed by atoms with van der Waals surface area (Å²) >= 11 is 0. The smallest absolute Gasteiger partial charge is 0.311 e. The van der Waals surface area contributed by atoms with Crippen LogP contribution in [-0.4, -0.2) is 31.1 Å². The number of allylic oxidation sites excluding steroid dienone is 1. The third-order valence-corrected chi connectivity index (χ3v) is 9.45. The van der Waals surface area contributed by atoms with E-state index in [1.807, 2.05) is 6.26 Å². The first-order valence-electron chi connectivity index (χ1n) is 12.8. The third-order valence-electron chi connectivity index (χ3n) is 9.45. The molecule has 1 aliphatic heterocycles. The third kappa shape index (κ3) is 4.32. The van der Waals surface area contributed by atoms with Crippen LogP contribution in [0.5, 0.6) is 0 Å². The molecular weight excluding hydrogens is 398 g/mol. The van der Waals surface area contributed by atoms with Crippen LogP contribution in [0.25, 0.3) is 0 Å². The minimum absolute atomic E-state index is 0.0207. The first-order chi connectivity index (χ1) is 15.3. The number of nitrogens with zero attached hydrogens (tertiary/aromatic N) is 1. The van der Waals surface area contributed by atoms with Gasteiger partial charge in [0.05, 0.1) is 25.3 Å². The molecule has 4 atom stereocenters. The lowest BCUT2D eigenvalue weighted by molar-refractivity contribution is -0.168. The van der Waals surface area contributed by atoms with Gasteiger partial charge in [-0.3, -0.25) is 9.69 Å². The lowest BCUT2D eigenvalue weighted by Gasteiger charge is -2.57. The minimum Gasteiger partial charge on any atom is -0.469 e. The van der Waals surface area contributed by atoms with Crippen LogP contribution < -0.4 is 0 Å². The van der Waals surface area contributed by atoms with Gasteiger partial charge < -0.3 is 9.15 Å². The molecule has 4 rings (SSSR count). The number of aryl methyl sites for hydroxylation is 1. The normalized spacial score (nSPS) is 34.3. The van der Waals surface area contributed by atoms with E-state index < -0.39 is 0 Å². The van der Waals surface area contributed by atoms with Crippen molar-refractivity contribution in [1.82, 2.24) is 4.90 Å². The molecule has 0 unspecified atom stereocenters. The van der Waals surface area contributed by atoms with Gasteiger partial charge in [-0.25, -0.2) is 0 Å². The Kier molecular flexibility index (Phi) is 6.91. The predicted octanol–water partition coefficient (Wildman–Crippen LogP) is 6.40. The van der Waals surface area contributed by atoms with Crippen LogP contribution in [0.15, 0.2) is 28.9 Å². The molecule has 0 bridgehead atoms. The van der Waals surface area contributed by atoms with Gasteiger partial charge in [0.15, 0.2) is 0 Å². The summed E-state index contributed by atoms with van der Waals surface area (Å²) < 4.78 is 11.2. The van der Waals surface area contributed by atoms with Crippen molar-refractivity contribution in [3.63, 3.8) is 0 Å². The number of methoxy groups -OCH3 is 1. The van der Waals surface area contributed by atoms with E-state index in [1.165, 1.54) is 43.5 Å². The molecule has 0 aromatic carbocycles. The zero-order valence-corrected chi connectivity index (χ0v) is 20.8. The van der Waals surface area contributed by atoms with Crippen molar-refractivity contribution in [2.45, 2.75) is 85.1 Å². The van der Waals surface area contributed by atoms with Crippen LogP contribution in [0.4, 0.5) is 0 Å². The van der Waals surface area contributed by atoms with Gasteiger partial charge in [0.2, 0.25) is 0 Å². The van der Waals surface area contributed by atoms with Gasteiger partial charge in [-0.05, 0) is 106 Å². The van der Waals surface area contributed by atoms with Gasteiger partial charge in [-0.15, -0.1) is 0 Å². The van der Waals surface area contributed by atoms with E-state index in [-0.39, 0.29) is 16.8 Å². The number of ether oxygens (including phenoxy) is 1. The number of likely N-dealkylation sites (tertiary alicyclic amines) is 1. The average molecular weight is 442 g/mol. The van der Waals surface area contributed by atoms with E-state index in [9.17, 15) is 4.79 Å². The predicted molar refractivity (Wildman–Crippen MR) is 128 cm³/mol. The zero-order valence-electron chi connectivity index (χ0n) is 20.8. The molecule has 3 aliphatic rings. The van der Waals surface area contributed by atoms with Crippen LogP contribution in [0.1, 0.15) is 83.5 Å². The average Bonchev–Trinajstić information content (AvgIpc) is 3.21. The van der Waals surface area contributed by atoms with Crippen LogP contribution in [-0.2, 0) is 22.5 Å². The molecule has 0 N–H and O–H groups in total. The maximum absolute atomic E-state index is 12.8. The van der Waals surface area contributed by atoms with Crippen LogP contribution in [0.2, 0.25) is 0 Å². The molecular formula is C28H43NO3. The molecule has 1 aromatic rings. The highest BCUT2D eigenvalue weighted by Gasteiger charge is 2.57. The second kappa shape index (κ2) is 9.37. The van der Waals surface area contributed by atoms with E-state index in [2.05, 4.69) is 38.3 Å². The molecule has 2 aliphatic carbocycles. The molecule has 4 nitrogen and oxygen atoms in total. The summed E-state index contributed by atoms with van der Waals surface area (Å²) in [5.74, 6) is 2.79. The minimum atomic E-state index is -0.368. The van der Waals surface area contributed by atoms with Crippen molar-refractivity contribution in [3.05, 3.63) is 35.8 Å². The van der Waals surface area contributed by atoms with Gasteiger partial charge in [0.1, 0.15) is 5.76 Å². The highest BCUT2D eigenvalue weighted by atomic mass is 16.5. The number of hydrogen-bond donors (Lipinski definition) is 0. The highest BCUT2D eigenvalue weighted by Crippen LogP contribution is 2.62. The van der Waals surface area contributed by atoms with Gasteiger partial charge in [0.25, 0.3) is 0 Å². The topological polar surface area (TPSA) is 42.7 Å². The maximum Gasteiger partial charge on any atom is 0.311 e. The Balaban J connectivity index is 1.47. The number of furan rings is 1. The summed E-state index contributed by atoms with van der Waals surface area (Å²) in [5, 5.41) is 0. The van der Waals surface area contributed by atoms with Gasteiger partial charge in [-0.2, -0.15) is 0 Å². The highest BCUT2D eigenvalue weighted by molar-refractivity contribution is 5.77. The Morgan fingerprint density at radius 2 is 2.00 bits per heavy atom. The zero-order chi connectivity index (χ0) is 22.9. The van der Waals surface area contributed by atoms with E-state index in [4.69, 9.17) is 9.15 Å². The first-order valence-corrected chi connectivity index (χ1v) is 12.8. The van der Waals surface area contributed by atoms with Crippen LogP contribution >= 0.6 is 0 Å². The Morgan fingerprint density at radius 1 is 1.25 bits per heavy atom. The van der Waals surface area contributed by atoms with Crippen molar-refractivity contribution in [3.8, 4) is 0 Å². The lowest BCUT2D eigenvalue weighted by Crippen LogP contribution is -2.53. The maximum atomic E-state index is 12.8. The lowest BCUT2D eigenvalue weighted by atomic mass is 9.46. The van der Waals surface area contributed by atoms with Crippen molar-refractivity contribution >= 4 is 5.97 Å². The quantitative estimate of drug-likeness (QED) is 0.379. The largest absolute Gasteiger partial charge is 0.469 e. The number of esters is 1. The van der Waals surface area contributed by atoms with Crippen molar-refractivity contribution in [2.75, 3.05) is 20.2 Å². The fourth-order valence-electron chi connectivity index (χ4n) is 7.41. The van der Waals surface area contributed by atoms with E-state index in [1.54, 1.807) is 7.11 Å². The first kappa shape index (κ1) is 23.6. The summed E-state index contributed by atoms with van der Waals surface area (Å²) in [7, 11) is 1.54. The molecule has 0 amide bonds. The van der Waals surface area contributed by atoms with Crippen molar-refractivity contribution in [2.24, 2.45) is 28.6 Å². The fourth-order valence-corrected chi connectivity index (χ4v) is 7.41. The molecule has 178 valence electrons. The van der Waals surface area contributed by atoms with Gasteiger partial charge in [-0.1, -0.05) is 32.4 Å². The van der Waals surface area contributed by atoms with Crippen LogP contribution in [0.3, 0.4) is 0 Å². The monoisotopic (exact) mass is 441 g/mol. The van der Waals surface area contributed by atoms with Gasteiger partial charge >= 0.3 is 5.97 Å². The standard InChI is InChI=1S/C28H43NO3/c1-20-11-16-29(17-12-20)19-24-22(13-18-32-24)8-9-23-21(2)7-10-25-27(23,3)14-6-15-28(25,4)26(30)31-5/h13,18,20,23,25H,2,6-12,14-17,19H2,1,3-5H3/t23-,25-,27+,28-/m0/s1. The molecule has 1 aromatic heterocycles. The van der Waals surface area contributed by atoms with Crippen LogP contribution in [0, 0.1) is 28.6 Å². The molecule has 0 spiro atoms. The molecule has 32 heavy (non-hydrogen) atoms. The molecule has 2 heterocycles. The molecule has 0 radical (unpaired) electrons. The summed E-state index contributed by atoms with van der Waals surface area (Å²) in [4.78, 5) is 15.4. The van der Waals surface area contributed by atoms with E-state index in [0.717, 1.165) is 56.7 Å². The summed E-state index contributed by atoms with van der Waals surface area (Å²) in [6.07, 6.45) is 11.9. The number of piperidine rings is 1. The summed E-state index contributed by atoms with van der Waals surface area (Å²) in [6.45, 7) is 14.7. The van der Waals surface area contributed by atoms with E-state index >= 15 is 0 Å². The number of fused-ring (bicyclic) bond motifs is 1. The van der Waals surface area contributed by atoms with E-state index in [0.29, 0.717) is 11.8 Å². The Morgan fingerprint density at radius 3 is 2.72 bits per heavy atom. The number of carbonyl (C=O) groups excluding carboxylic acids is 1. The Bertz CT molecular complexity index is 820. The van der Waals surface area contributed by atoms with Crippen molar-refractivity contribution < 1.29 is 13.9 Å². The Hall–Kier alpha value is -1.55. The molecule has 2 saturated carbocycles. The fraction of sp³-hybridized carbons (Fsp3) is 0.750. The number of carbonyl (C=O) groups is 1. The molecule has 4 heteroatoms. The Labute approximate surface area is 194 Å². The number of hydrogen-bond acceptors (Lipinski definition) is 4. The second-order valence-electron chi connectivity index (χ2n) is 11.4. The summed E-state index contributed by atoms with van der Waals surface area (Å²) in [5.41, 5.74) is 2.48. The second-order valence-corrected chi connectivity index (χ2v) is 11.4. The SMILES string of the molecule is C=C1CC[C@H]2[C@](C)(CCC[C@]2(C)C(=O)OC)[C@H]1CCc1ccoc1CN1CCC(C)CC1. The summed E-state index contributed by atoms with van der Waals surface area (Å²) in [6, 6.07) is 2.17. The number of rotatable bonds is 6.